The van der Waals surface area contributed by atoms with Crippen LogP contribution in [0, 0.1) is 6.92 Å². The van der Waals surface area contributed by atoms with Gasteiger partial charge in [-0.1, -0.05) is 23.7 Å². The lowest BCUT2D eigenvalue weighted by atomic mass is 9.83. The van der Waals surface area contributed by atoms with E-state index in [4.69, 9.17) is 17.3 Å². The summed E-state index contributed by atoms with van der Waals surface area (Å²) >= 11 is 6.05. The first-order valence-electron chi connectivity index (χ1n) is 6.61. The Balaban J connectivity index is 2.28. The summed E-state index contributed by atoms with van der Waals surface area (Å²) in [5.41, 5.74) is 7.94. The maximum Gasteiger partial charge on any atom is 0.234 e. The molecule has 0 saturated carbocycles. The van der Waals surface area contributed by atoms with Gasteiger partial charge < -0.3 is 11.1 Å². The fourth-order valence-electron chi connectivity index (χ4n) is 1.98. The number of rotatable bonds is 3. The van der Waals surface area contributed by atoms with E-state index in [1.165, 1.54) is 0 Å². The number of nitrogens with zero attached hydrogens (tertiary/aromatic N) is 1. The topological polar surface area (TPSA) is 68.0 Å². The zero-order valence-corrected chi connectivity index (χ0v) is 13.0. The van der Waals surface area contributed by atoms with Crippen LogP contribution in [0.4, 0.5) is 11.4 Å². The summed E-state index contributed by atoms with van der Waals surface area (Å²) in [7, 11) is 0. The molecule has 2 aromatic rings. The smallest absolute Gasteiger partial charge is 0.234 e. The second-order valence-corrected chi connectivity index (χ2v) is 5.85. The first-order valence-corrected chi connectivity index (χ1v) is 6.98. The van der Waals surface area contributed by atoms with E-state index < -0.39 is 5.41 Å². The van der Waals surface area contributed by atoms with Crippen LogP contribution in [0.5, 0.6) is 0 Å². The van der Waals surface area contributed by atoms with Gasteiger partial charge >= 0.3 is 0 Å². The molecule has 4 nitrogen and oxygen atoms in total. The molecule has 0 saturated heterocycles. The van der Waals surface area contributed by atoms with E-state index in [1.54, 1.807) is 24.4 Å². The second-order valence-electron chi connectivity index (χ2n) is 5.49. The van der Waals surface area contributed by atoms with Crippen LogP contribution in [0.2, 0.25) is 5.15 Å². The fourth-order valence-corrected chi connectivity index (χ4v) is 2.23. The molecule has 3 N–H and O–H groups in total. The summed E-state index contributed by atoms with van der Waals surface area (Å²) < 4.78 is 0. The van der Waals surface area contributed by atoms with Gasteiger partial charge in [-0.15, -0.1) is 0 Å². The second kappa shape index (κ2) is 5.74. The Morgan fingerprint density at radius 1 is 1.24 bits per heavy atom. The summed E-state index contributed by atoms with van der Waals surface area (Å²) in [4.78, 5) is 16.6. The van der Waals surface area contributed by atoms with E-state index >= 15 is 0 Å². The lowest BCUT2D eigenvalue weighted by molar-refractivity contribution is -0.120. The molecule has 5 heteroatoms. The molecule has 1 amide bonds. The number of nitrogens with one attached hydrogen (secondary N) is 1. The van der Waals surface area contributed by atoms with Crippen molar-refractivity contribution in [3.05, 3.63) is 52.8 Å². The van der Waals surface area contributed by atoms with Crippen LogP contribution < -0.4 is 11.1 Å². The number of hydrogen-bond donors (Lipinski definition) is 2. The van der Waals surface area contributed by atoms with Crippen LogP contribution in [0.3, 0.4) is 0 Å². The molecular formula is C16H18ClN3O. The van der Waals surface area contributed by atoms with Gasteiger partial charge in [0.25, 0.3) is 0 Å². The lowest BCUT2D eigenvalue weighted by Crippen LogP contribution is -2.35. The summed E-state index contributed by atoms with van der Waals surface area (Å²) in [6.07, 6.45) is 1.61. The molecule has 0 fully saturated rings. The van der Waals surface area contributed by atoms with Gasteiger partial charge in [0.15, 0.2) is 5.15 Å². The minimum Gasteiger partial charge on any atom is -0.399 e. The molecule has 1 heterocycles. The Morgan fingerprint density at radius 2 is 1.86 bits per heavy atom. The number of nitrogen functional groups attached to an aromatic ring is 1. The quantitative estimate of drug-likeness (QED) is 0.673. The minimum absolute atomic E-state index is 0.148. The van der Waals surface area contributed by atoms with Crippen LogP contribution in [0.25, 0.3) is 0 Å². The summed E-state index contributed by atoms with van der Waals surface area (Å²) in [5, 5.41) is 3.16. The van der Waals surface area contributed by atoms with Crippen molar-refractivity contribution in [2.75, 3.05) is 11.1 Å². The standard InChI is InChI=1S/C16H18ClN3O/c1-10-8-9-19-14(17)13(10)20-15(21)16(2,3)11-4-6-12(18)7-5-11/h4-9H,18H2,1-3H3,(H,20,21). The molecule has 1 aromatic carbocycles. The van der Waals surface area contributed by atoms with Gasteiger partial charge in [0.1, 0.15) is 0 Å². The molecule has 0 aliphatic heterocycles. The third-order valence-electron chi connectivity index (χ3n) is 3.55. The monoisotopic (exact) mass is 303 g/mol. The van der Waals surface area contributed by atoms with Crippen molar-refractivity contribution in [1.29, 1.82) is 0 Å². The van der Waals surface area contributed by atoms with Crippen molar-refractivity contribution in [3.63, 3.8) is 0 Å². The Labute approximate surface area is 129 Å². The van der Waals surface area contributed by atoms with Gasteiger partial charge in [0.2, 0.25) is 5.91 Å². The zero-order chi connectivity index (χ0) is 15.6. The number of pyridine rings is 1. The van der Waals surface area contributed by atoms with Crippen molar-refractivity contribution in [1.82, 2.24) is 4.98 Å². The van der Waals surface area contributed by atoms with E-state index in [1.807, 2.05) is 32.9 Å². The predicted octanol–water partition coefficient (Wildman–Crippen LogP) is 3.54. The first-order chi connectivity index (χ1) is 9.82. The zero-order valence-electron chi connectivity index (χ0n) is 12.3. The number of nitrogens with two attached hydrogens (primary N) is 1. The minimum atomic E-state index is -0.709. The van der Waals surface area contributed by atoms with Crippen molar-refractivity contribution < 1.29 is 4.79 Å². The molecule has 1 aromatic heterocycles. The third kappa shape index (κ3) is 3.16. The maximum absolute atomic E-state index is 12.6. The predicted molar refractivity (Wildman–Crippen MR) is 86.5 cm³/mol. The number of benzene rings is 1. The Hall–Kier alpha value is -2.07. The van der Waals surface area contributed by atoms with Crippen molar-refractivity contribution in [2.24, 2.45) is 0 Å². The molecular weight excluding hydrogens is 286 g/mol. The molecule has 0 atom stereocenters. The molecule has 0 spiro atoms. The summed E-state index contributed by atoms with van der Waals surface area (Å²) in [6.45, 7) is 5.58. The van der Waals surface area contributed by atoms with Crippen molar-refractivity contribution in [2.45, 2.75) is 26.2 Å². The summed E-state index contributed by atoms with van der Waals surface area (Å²) in [5.74, 6) is -0.148. The molecule has 0 aliphatic carbocycles. The lowest BCUT2D eigenvalue weighted by Gasteiger charge is -2.25. The number of aromatic nitrogens is 1. The number of halogens is 1. The van der Waals surface area contributed by atoms with Crippen molar-refractivity contribution >= 4 is 28.9 Å². The van der Waals surface area contributed by atoms with Gasteiger partial charge in [-0.3, -0.25) is 4.79 Å². The van der Waals surface area contributed by atoms with E-state index in [-0.39, 0.29) is 11.1 Å². The van der Waals surface area contributed by atoms with Gasteiger partial charge in [-0.05, 0) is 50.1 Å². The highest BCUT2D eigenvalue weighted by Crippen LogP contribution is 2.29. The van der Waals surface area contributed by atoms with E-state index in [2.05, 4.69) is 10.3 Å². The molecule has 0 bridgehead atoms. The van der Waals surface area contributed by atoms with Crippen LogP contribution in [-0.2, 0) is 10.2 Å². The average molecular weight is 304 g/mol. The molecule has 21 heavy (non-hydrogen) atoms. The molecule has 0 unspecified atom stereocenters. The van der Waals surface area contributed by atoms with Gasteiger partial charge in [-0.25, -0.2) is 4.98 Å². The highest BCUT2D eigenvalue weighted by molar-refractivity contribution is 6.32. The third-order valence-corrected chi connectivity index (χ3v) is 3.84. The van der Waals surface area contributed by atoms with E-state index in [0.717, 1.165) is 11.1 Å². The Kier molecular flexibility index (Phi) is 4.19. The molecule has 110 valence electrons. The summed E-state index contributed by atoms with van der Waals surface area (Å²) in [6, 6.07) is 9.08. The molecule has 0 radical (unpaired) electrons. The van der Waals surface area contributed by atoms with Crippen LogP contribution in [0.15, 0.2) is 36.5 Å². The SMILES string of the molecule is Cc1ccnc(Cl)c1NC(=O)C(C)(C)c1ccc(N)cc1. The average Bonchev–Trinajstić information content (AvgIpc) is 2.43. The Bertz CT molecular complexity index is 645. The highest BCUT2D eigenvalue weighted by Gasteiger charge is 2.30. The van der Waals surface area contributed by atoms with Gasteiger partial charge in [-0.2, -0.15) is 0 Å². The van der Waals surface area contributed by atoms with Crippen molar-refractivity contribution in [3.8, 4) is 0 Å². The number of carbonyl (C=O) groups excluding carboxylic acids is 1. The number of hydrogen-bond acceptors (Lipinski definition) is 3. The normalized spacial score (nSPS) is 11.2. The van der Waals surface area contributed by atoms with Crippen LogP contribution >= 0.6 is 11.6 Å². The highest BCUT2D eigenvalue weighted by atomic mass is 35.5. The Morgan fingerprint density at radius 3 is 2.43 bits per heavy atom. The van der Waals surface area contributed by atoms with Gasteiger partial charge in [0.05, 0.1) is 11.1 Å². The van der Waals surface area contributed by atoms with E-state index in [0.29, 0.717) is 11.4 Å². The maximum atomic E-state index is 12.6. The molecule has 2 rings (SSSR count). The number of anilines is 2. The molecule has 0 aliphatic rings. The van der Waals surface area contributed by atoms with Gasteiger partial charge in [0, 0.05) is 11.9 Å². The first kappa shape index (κ1) is 15.3. The van der Waals surface area contributed by atoms with Crippen LogP contribution in [0.1, 0.15) is 25.0 Å². The largest absolute Gasteiger partial charge is 0.399 e. The van der Waals surface area contributed by atoms with Crippen LogP contribution in [-0.4, -0.2) is 10.9 Å². The number of aryl methyl sites for hydroxylation is 1. The fraction of sp³-hybridized carbons (Fsp3) is 0.250. The number of amides is 1. The number of carbonyl (C=O) groups is 1. The van der Waals surface area contributed by atoms with E-state index in [9.17, 15) is 4.79 Å².